The summed E-state index contributed by atoms with van der Waals surface area (Å²) in [5.41, 5.74) is -0.299. The number of benzene rings is 2. The smallest absolute Gasteiger partial charge is 0.243 e. The fraction of sp³-hybridized carbons (Fsp3) is 0.0588. The summed E-state index contributed by atoms with van der Waals surface area (Å²) >= 11 is 0. The Kier molecular flexibility index (Phi) is 2.42. The topological polar surface area (TPSA) is 79.4 Å². The van der Waals surface area contributed by atoms with Gasteiger partial charge in [0, 0.05) is 29.3 Å². The van der Waals surface area contributed by atoms with Crippen molar-refractivity contribution in [3.8, 4) is 0 Å². The molecule has 22 heavy (non-hydrogen) atoms. The van der Waals surface area contributed by atoms with Crippen LogP contribution in [0.4, 0.5) is 0 Å². The van der Waals surface area contributed by atoms with Crippen molar-refractivity contribution in [3.05, 3.63) is 62.3 Å². The third-order valence-corrected chi connectivity index (χ3v) is 3.87. The number of hydrogen-bond donors (Lipinski definition) is 1. The second kappa shape index (κ2) is 4.21. The van der Waals surface area contributed by atoms with Crippen molar-refractivity contribution in [1.29, 1.82) is 0 Å². The van der Waals surface area contributed by atoms with E-state index in [4.69, 9.17) is 0 Å². The van der Waals surface area contributed by atoms with E-state index in [1.165, 1.54) is 6.92 Å². The molecule has 5 heteroatoms. The zero-order chi connectivity index (χ0) is 15.4. The minimum absolute atomic E-state index is 0.229. The van der Waals surface area contributed by atoms with Gasteiger partial charge >= 0.3 is 0 Å². The molecule has 0 fully saturated rings. The van der Waals surface area contributed by atoms with Crippen LogP contribution in [0.2, 0.25) is 0 Å². The number of hydrogen-bond acceptors (Lipinski definition) is 3. The molecule has 4 aromatic rings. The summed E-state index contributed by atoms with van der Waals surface area (Å²) in [6, 6.07) is 8.82. The van der Waals surface area contributed by atoms with Crippen LogP contribution in [0.25, 0.3) is 32.4 Å². The van der Waals surface area contributed by atoms with E-state index in [1.807, 2.05) is 12.1 Å². The summed E-state index contributed by atoms with van der Waals surface area (Å²) in [7, 11) is 0. The van der Waals surface area contributed by atoms with Gasteiger partial charge in [-0.3, -0.25) is 14.4 Å². The Bertz CT molecular complexity index is 1240. The van der Waals surface area contributed by atoms with Crippen LogP contribution < -0.4 is 16.2 Å². The molecule has 106 valence electrons. The zero-order valence-corrected chi connectivity index (χ0v) is 11.6. The lowest BCUT2D eigenvalue weighted by atomic mass is 10.0. The number of aromatic amines is 1. The van der Waals surface area contributed by atoms with Gasteiger partial charge in [0.1, 0.15) is 0 Å². The third kappa shape index (κ3) is 1.53. The number of rotatable bonds is 0. The predicted molar refractivity (Wildman–Crippen MR) is 84.5 cm³/mol. The van der Waals surface area contributed by atoms with Crippen LogP contribution in [-0.4, -0.2) is 10.9 Å². The largest absolute Gasteiger partial charge is 0.361 e. The first-order chi connectivity index (χ1) is 10.6. The molecule has 1 N–H and O–H groups in total. The molecular weight excluding hydrogens is 280 g/mol. The molecule has 0 aliphatic carbocycles. The van der Waals surface area contributed by atoms with Crippen LogP contribution in [0.3, 0.4) is 0 Å². The Hall–Kier alpha value is -3.08. The first-order valence-electron chi connectivity index (χ1n) is 6.79. The van der Waals surface area contributed by atoms with Crippen molar-refractivity contribution in [1.82, 2.24) is 4.98 Å². The summed E-state index contributed by atoms with van der Waals surface area (Å²) in [6.45, 7) is 1.31. The molecule has 1 heterocycles. The highest BCUT2D eigenvalue weighted by molar-refractivity contribution is 6.20. The van der Waals surface area contributed by atoms with E-state index >= 15 is 0 Å². The minimum Gasteiger partial charge on any atom is -0.361 e. The van der Waals surface area contributed by atoms with Crippen molar-refractivity contribution in [2.24, 2.45) is 4.99 Å². The van der Waals surface area contributed by atoms with Gasteiger partial charge in [0.25, 0.3) is 0 Å². The van der Waals surface area contributed by atoms with Gasteiger partial charge < -0.3 is 4.98 Å². The van der Waals surface area contributed by atoms with Crippen LogP contribution in [0, 0.1) is 0 Å². The van der Waals surface area contributed by atoms with Gasteiger partial charge in [0.15, 0.2) is 0 Å². The highest BCUT2D eigenvalue weighted by Gasteiger charge is 2.17. The van der Waals surface area contributed by atoms with Crippen molar-refractivity contribution in [2.45, 2.75) is 6.92 Å². The first kappa shape index (κ1) is 12.6. The molecule has 0 bridgehead atoms. The molecule has 0 radical (unpaired) electrons. The molecule has 3 aromatic carbocycles. The fourth-order valence-electron chi connectivity index (χ4n) is 3.02. The lowest BCUT2D eigenvalue weighted by Gasteiger charge is -2.04. The molecule has 0 atom stereocenters. The fourth-order valence-corrected chi connectivity index (χ4v) is 3.02. The second-order valence-electron chi connectivity index (χ2n) is 5.23. The standard InChI is InChI=1S/C17H10N2O3/c1-8(20)19-12-5-4-10-13-11(16(21)17(22)14(12)13)7-9-3-2-6-18-15(9)10/h2-7,18H,1H3. The number of H-pyrrole nitrogens is 1. The lowest BCUT2D eigenvalue weighted by molar-refractivity contribution is -0.116. The normalized spacial score (nSPS) is 12.7. The number of amides is 1. The zero-order valence-electron chi connectivity index (χ0n) is 11.6. The second-order valence-corrected chi connectivity index (χ2v) is 5.23. The molecule has 1 amide bonds. The van der Waals surface area contributed by atoms with Crippen LogP contribution in [-0.2, 0) is 4.79 Å². The predicted octanol–water partition coefficient (Wildman–Crippen LogP) is 1.52. The third-order valence-electron chi connectivity index (χ3n) is 3.87. The van der Waals surface area contributed by atoms with E-state index in [9.17, 15) is 14.4 Å². The number of aromatic nitrogens is 1. The number of fused-ring (bicyclic) bond motifs is 2. The summed E-state index contributed by atoms with van der Waals surface area (Å²) < 4.78 is 0. The van der Waals surface area contributed by atoms with Gasteiger partial charge in [-0.15, -0.1) is 0 Å². The van der Waals surface area contributed by atoms with E-state index < -0.39 is 16.8 Å². The quantitative estimate of drug-likeness (QED) is 0.394. The molecule has 0 aliphatic heterocycles. The Morgan fingerprint density at radius 2 is 1.86 bits per heavy atom. The van der Waals surface area contributed by atoms with Gasteiger partial charge in [-0.2, -0.15) is 0 Å². The van der Waals surface area contributed by atoms with Crippen molar-refractivity contribution >= 4 is 38.4 Å². The molecule has 0 aliphatic rings. The number of pyridine rings is 1. The van der Waals surface area contributed by atoms with E-state index in [-0.39, 0.29) is 10.7 Å². The minimum atomic E-state index is -0.601. The maximum Gasteiger partial charge on any atom is 0.243 e. The number of carbonyl (C=O) groups is 1. The summed E-state index contributed by atoms with van der Waals surface area (Å²) in [5.74, 6) is -0.406. The molecule has 1 aromatic heterocycles. The maximum absolute atomic E-state index is 12.3. The number of nitrogens with one attached hydrogen (secondary N) is 1. The monoisotopic (exact) mass is 290 g/mol. The van der Waals surface area contributed by atoms with Gasteiger partial charge in [-0.25, -0.2) is 4.99 Å². The van der Waals surface area contributed by atoms with E-state index in [1.54, 1.807) is 24.4 Å². The van der Waals surface area contributed by atoms with Crippen LogP contribution in [0.5, 0.6) is 0 Å². The van der Waals surface area contributed by atoms with Crippen molar-refractivity contribution in [2.75, 3.05) is 0 Å². The van der Waals surface area contributed by atoms with Gasteiger partial charge in [-0.05, 0) is 23.6 Å². The summed E-state index contributed by atoms with van der Waals surface area (Å²) in [5, 5.41) is 3.08. The van der Waals surface area contributed by atoms with Crippen LogP contribution in [0.15, 0.2) is 51.1 Å². The number of carbonyl (C=O) groups excluding carboxylic acids is 1. The van der Waals surface area contributed by atoms with Gasteiger partial charge in [-0.1, -0.05) is 12.1 Å². The Morgan fingerprint density at radius 1 is 1.05 bits per heavy atom. The molecular formula is C17H10N2O3. The van der Waals surface area contributed by atoms with E-state index in [2.05, 4.69) is 9.98 Å². The molecule has 0 spiro atoms. The lowest BCUT2D eigenvalue weighted by Crippen LogP contribution is -2.21. The maximum atomic E-state index is 12.3. The van der Waals surface area contributed by atoms with Gasteiger partial charge in [0.05, 0.1) is 16.3 Å². The van der Waals surface area contributed by atoms with E-state index in [0.29, 0.717) is 10.8 Å². The summed E-state index contributed by atoms with van der Waals surface area (Å²) in [4.78, 5) is 42.9. The average molecular weight is 290 g/mol. The molecule has 0 saturated carbocycles. The molecule has 4 rings (SSSR count). The SMILES string of the molecule is CC(=O)N=c1ccc2c3[nH]cccc3cc3c(=O)c(=O)c1c32. The van der Waals surface area contributed by atoms with Crippen molar-refractivity contribution in [3.63, 3.8) is 0 Å². The average Bonchev–Trinajstić information content (AvgIpc) is 2.75. The van der Waals surface area contributed by atoms with Crippen LogP contribution in [0.1, 0.15) is 6.92 Å². The summed E-state index contributed by atoms with van der Waals surface area (Å²) in [6.07, 6.45) is 1.79. The van der Waals surface area contributed by atoms with E-state index in [0.717, 1.165) is 16.3 Å². The van der Waals surface area contributed by atoms with Crippen LogP contribution >= 0.6 is 0 Å². The highest BCUT2D eigenvalue weighted by Crippen LogP contribution is 2.28. The highest BCUT2D eigenvalue weighted by atomic mass is 16.2. The Balaban J connectivity index is 2.43. The Labute approximate surface area is 123 Å². The Morgan fingerprint density at radius 3 is 2.64 bits per heavy atom. The molecule has 0 saturated heterocycles. The first-order valence-corrected chi connectivity index (χ1v) is 6.79. The van der Waals surface area contributed by atoms with Gasteiger partial charge in [0.2, 0.25) is 16.8 Å². The molecule has 5 nitrogen and oxygen atoms in total. The van der Waals surface area contributed by atoms with Crippen molar-refractivity contribution < 1.29 is 4.79 Å². The molecule has 0 unspecified atom stereocenters. The number of nitrogens with zero attached hydrogens (tertiary/aromatic N) is 1.